The van der Waals surface area contributed by atoms with E-state index in [1.54, 1.807) is 30.3 Å². The second kappa shape index (κ2) is 11.5. The molecule has 0 aliphatic carbocycles. The lowest BCUT2D eigenvalue weighted by atomic mass is 10.2. The summed E-state index contributed by atoms with van der Waals surface area (Å²) in [6.45, 7) is 4.59. The molecule has 0 spiro atoms. The van der Waals surface area contributed by atoms with Crippen molar-refractivity contribution >= 4 is 20.0 Å². The number of rotatable bonds is 12. The SMILES string of the molecule is CCCOc1ccc(S(=O)(=O)N(Cc2ccccc2)S(=O)(=O)c2ccc(OCCC)cc2)cc1. The Labute approximate surface area is 202 Å². The molecule has 0 saturated carbocycles. The maximum Gasteiger partial charge on any atom is 0.256 e. The number of benzene rings is 3. The molecule has 0 unspecified atom stereocenters. The van der Waals surface area contributed by atoms with Crippen LogP contribution in [0.25, 0.3) is 0 Å². The van der Waals surface area contributed by atoms with E-state index in [-0.39, 0.29) is 16.3 Å². The third-order valence-corrected chi connectivity index (χ3v) is 9.12. The Kier molecular flexibility index (Phi) is 8.71. The molecule has 0 aliphatic rings. The smallest absolute Gasteiger partial charge is 0.256 e. The molecule has 0 radical (unpaired) electrons. The van der Waals surface area contributed by atoms with Crippen LogP contribution < -0.4 is 9.47 Å². The number of nitrogens with zero attached hydrogens (tertiary/aromatic N) is 1. The summed E-state index contributed by atoms with van der Waals surface area (Å²) >= 11 is 0. The topological polar surface area (TPSA) is 90.0 Å². The van der Waals surface area contributed by atoms with Crippen molar-refractivity contribution in [2.75, 3.05) is 13.2 Å². The first kappa shape index (κ1) is 25.7. The van der Waals surface area contributed by atoms with Crippen LogP contribution in [0, 0.1) is 0 Å². The van der Waals surface area contributed by atoms with Crippen molar-refractivity contribution < 1.29 is 26.3 Å². The van der Waals surface area contributed by atoms with Crippen LogP contribution in [0.5, 0.6) is 11.5 Å². The van der Waals surface area contributed by atoms with E-state index in [1.165, 1.54) is 48.5 Å². The summed E-state index contributed by atoms with van der Waals surface area (Å²) in [5.74, 6) is 1.03. The van der Waals surface area contributed by atoms with E-state index in [0.29, 0.717) is 34.0 Å². The molecular formula is C25H29NO6S2. The van der Waals surface area contributed by atoms with Crippen LogP contribution in [-0.2, 0) is 26.6 Å². The maximum atomic E-state index is 13.6. The molecule has 0 amide bonds. The van der Waals surface area contributed by atoms with Gasteiger partial charge < -0.3 is 9.47 Å². The van der Waals surface area contributed by atoms with Crippen LogP contribution in [0.4, 0.5) is 0 Å². The van der Waals surface area contributed by atoms with Gasteiger partial charge in [-0.1, -0.05) is 47.9 Å². The largest absolute Gasteiger partial charge is 0.494 e. The van der Waals surface area contributed by atoms with Crippen LogP contribution >= 0.6 is 0 Å². The second-order valence-electron chi connectivity index (χ2n) is 7.57. The van der Waals surface area contributed by atoms with Gasteiger partial charge in [0.15, 0.2) is 0 Å². The maximum absolute atomic E-state index is 13.6. The van der Waals surface area contributed by atoms with Crippen LogP contribution in [0.15, 0.2) is 88.7 Å². The second-order valence-corrected chi connectivity index (χ2v) is 11.5. The summed E-state index contributed by atoms with van der Waals surface area (Å²) in [6, 6.07) is 20.1. The molecule has 0 N–H and O–H groups in total. The molecule has 0 aliphatic heterocycles. The summed E-state index contributed by atoms with van der Waals surface area (Å²) in [7, 11) is -8.82. The van der Waals surface area contributed by atoms with Crippen molar-refractivity contribution in [3.63, 3.8) is 0 Å². The average molecular weight is 504 g/mol. The molecule has 7 nitrogen and oxygen atoms in total. The first-order valence-electron chi connectivity index (χ1n) is 11.1. The van der Waals surface area contributed by atoms with Gasteiger partial charge >= 0.3 is 0 Å². The molecule has 34 heavy (non-hydrogen) atoms. The van der Waals surface area contributed by atoms with Crippen molar-refractivity contribution in [3.8, 4) is 11.5 Å². The monoisotopic (exact) mass is 503 g/mol. The first-order chi connectivity index (χ1) is 16.3. The van der Waals surface area contributed by atoms with Crippen LogP contribution in [0.1, 0.15) is 32.3 Å². The first-order valence-corrected chi connectivity index (χ1v) is 13.9. The number of sulfonamides is 2. The van der Waals surface area contributed by atoms with Gasteiger partial charge in [-0.25, -0.2) is 16.8 Å². The van der Waals surface area contributed by atoms with E-state index < -0.39 is 20.0 Å². The summed E-state index contributed by atoms with van der Waals surface area (Å²) < 4.78 is 65.9. The highest BCUT2D eigenvalue weighted by Gasteiger charge is 2.36. The quantitative estimate of drug-likeness (QED) is 0.351. The Morgan fingerprint density at radius 3 is 1.41 bits per heavy atom. The molecule has 0 saturated heterocycles. The van der Waals surface area contributed by atoms with Crippen molar-refractivity contribution in [2.24, 2.45) is 0 Å². The zero-order chi connectivity index (χ0) is 24.6. The molecule has 0 fully saturated rings. The summed E-state index contributed by atoms with van der Waals surface area (Å²) in [5, 5.41) is 0. The van der Waals surface area contributed by atoms with Gasteiger partial charge in [0, 0.05) is 0 Å². The zero-order valence-corrected chi connectivity index (χ0v) is 20.9. The van der Waals surface area contributed by atoms with E-state index in [0.717, 1.165) is 12.8 Å². The van der Waals surface area contributed by atoms with E-state index in [2.05, 4.69) is 0 Å². The molecule has 3 aromatic rings. The summed E-state index contributed by atoms with van der Waals surface area (Å²) in [6.07, 6.45) is 1.62. The van der Waals surface area contributed by atoms with Gasteiger partial charge in [0.05, 0.1) is 29.5 Å². The van der Waals surface area contributed by atoms with E-state index in [1.807, 2.05) is 13.8 Å². The lowest BCUT2D eigenvalue weighted by Crippen LogP contribution is -2.36. The normalized spacial score (nSPS) is 12.0. The molecule has 0 heterocycles. The van der Waals surface area contributed by atoms with Gasteiger partial charge in [0.1, 0.15) is 11.5 Å². The Morgan fingerprint density at radius 2 is 1.03 bits per heavy atom. The fourth-order valence-electron chi connectivity index (χ4n) is 3.12. The Balaban J connectivity index is 2.00. The zero-order valence-electron chi connectivity index (χ0n) is 19.3. The van der Waals surface area contributed by atoms with Crippen molar-refractivity contribution in [3.05, 3.63) is 84.4 Å². The van der Waals surface area contributed by atoms with Crippen molar-refractivity contribution in [2.45, 2.75) is 43.0 Å². The van der Waals surface area contributed by atoms with Crippen molar-refractivity contribution in [1.29, 1.82) is 0 Å². The fraction of sp³-hybridized carbons (Fsp3) is 0.280. The Bertz CT molecular complexity index is 1180. The van der Waals surface area contributed by atoms with Crippen LogP contribution in [-0.4, -0.2) is 33.8 Å². The third-order valence-electron chi connectivity index (χ3n) is 4.88. The van der Waals surface area contributed by atoms with Crippen molar-refractivity contribution in [1.82, 2.24) is 3.71 Å². The molecule has 3 rings (SSSR count). The lowest BCUT2D eigenvalue weighted by molar-refractivity contribution is 0.317. The predicted molar refractivity (Wildman–Crippen MR) is 131 cm³/mol. The standard InChI is InChI=1S/C25H29NO6S2/c1-3-18-31-22-10-14-24(15-11-22)33(27,28)26(20-21-8-6-5-7-9-21)34(29,30)25-16-12-23(13-17-25)32-19-4-2/h5-17H,3-4,18-20H2,1-2H3. The molecular weight excluding hydrogens is 474 g/mol. The summed E-state index contributed by atoms with van der Waals surface area (Å²) in [5.41, 5.74) is 0.542. The van der Waals surface area contributed by atoms with Gasteiger partial charge in [-0.3, -0.25) is 0 Å². The van der Waals surface area contributed by atoms with Gasteiger partial charge in [0.2, 0.25) is 0 Å². The van der Waals surface area contributed by atoms with Gasteiger partial charge in [-0.15, -0.1) is 0 Å². The number of hydrogen-bond acceptors (Lipinski definition) is 6. The molecule has 0 bridgehead atoms. The molecule has 182 valence electrons. The van der Waals surface area contributed by atoms with E-state index in [9.17, 15) is 16.8 Å². The third kappa shape index (κ3) is 6.16. The fourth-order valence-corrected chi connectivity index (χ4v) is 6.74. The summed E-state index contributed by atoms with van der Waals surface area (Å²) in [4.78, 5) is -0.280. The van der Waals surface area contributed by atoms with Gasteiger partial charge in [-0.05, 0) is 66.9 Å². The minimum atomic E-state index is -4.41. The number of ether oxygens (including phenoxy) is 2. The molecule has 0 aromatic heterocycles. The van der Waals surface area contributed by atoms with Crippen LogP contribution in [0.2, 0.25) is 0 Å². The highest BCUT2D eigenvalue weighted by Crippen LogP contribution is 2.28. The number of hydrogen-bond donors (Lipinski definition) is 0. The van der Waals surface area contributed by atoms with Gasteiger partial charge in [0.25, 0.3) is 20.0 Å². The highest BCUT2D eigenvalue weighted by molar-refractivity contribution is 8.04. The highest BCUT2D eigenvalue weighted by atomic mass is 32.3. The Morgan fingerprint density at radius 1 is 0.618 bits per heavy atom. The van der Waals surface area contributed by atoms with E-state index >= 15 is 0 Å². The molecule has 9 heteroatoms. The average Bonchev–Trinajstić information content (AvgIpc) is 2.85. The van der Waals surface area contributed by atoms with Gasteiger partial charge in [-0.2, -0.15) is 0 Å². The van der Waals surface area contributed by atoms with Crippen LogP contribution in [0.3, 0.4) is 0 Å². The van der Waals surface area contributed by atoms with E-state index in [4.69, 9.17) is 9.47 Å². The molecule has 0 atom stereocenters. The minimum Gasteiger partial charge on any atom is -0.494 e. The molecule has 3 aromatic carbocycles. The lowest BCUT2D eigenvalue weighted by Gasteiger charge is -2.22. The minimum absolute atomic E-state index is 0.140. The predicted octanol–water partition coefficient (Wildman–Crippen LogP) is 4.84. The Hall–Kier alpha value is -2.88.